The van der Waals surface area contributed by atoms with Crippen LogP contribution in [0.2, 0.25) is 0 Å². The Labute approximate surface area is 242 Å². The van der Waals surface area contributed by atoms with Crippen LogP contribution in [0.15, 0.2) is 79.0 Å². The number of ether oxygens (including phenoxy) is 2. The van der Waals surface area contributed by atoms with Gasteiger partial charge >= 0.3 is 6.03 Å². The molecule has 216 valence electrons. The number of aryl methyl sites for hydroxylation is 1. The zero-order valence-corrected chi connectivity index (χ0v) is 23.2. The number of nitro groups is 1. The van der Waals surface area contributed by atoms with E-state index < -0.39 is 29.3 Å². The van der Waals surface area contributed by atoms with Crippen LogP contribution < -0.4 is 20.1 Å². The molecule has 42 heavy (non-hydrogen) atoms. The Bertz CT molecular complexity index is 1560. The van der Waals surface area contributed by atoms with Crippen molar-refractivity contribution in [3.05, 3.63) is 111 Å². The van der Waals surface area contributed by atoms with Crippen LogP contribution >= 0.6 is 0 Å². The number of rotatable bonds is 12. The molecule has 1 fully saturated rings. The molecule has 3 aromatic rings. The number of carbonyl (C=O) groups excluding carboxylic acids is 3. The second-order valence-electron chi connectivity index (χ2n) is 9.35. The third-order valence-electron chi connectivity index (χ3n) is 6.52. The summed E-state index contributed by atoms with van der Waals surface area (Å²) in [6.07, 6.45) is 4.31. The predicted octanol–water partition coefficient (Wildman–Crippen LogP) is 5.00. The van der Waals surface area contributed by atoms with E-state index in [-0.39, 0.29) is 18.0 Å². The summed E-state index contributed by atoms with van der Waals surface area (Å²) in [5.74, 6) is -0.303. The molecule has 11 heteroatoms. The molecule has 4 amide bonds. The summed E-state index contributed by atoms with van der Waals surface area (Å²) < 4.78 is 11.6. The second kappa shape index (κ2) is 13.3. The van der Waals surface area contributed by atoms with Gasteiger partial charge in [0.05, 0.1) is 12.0 Å². The lowest BCUT2D eigenvalue weighted by atomic mass is 10.0. The van der Waals surface area contributed by atoms with E-state index in [2.05, 4.69) is 17.2 Å². The molecule has 0 saturated carbocycles. The average molecular weight is 571 g/mol. The van der Waals surface area contributed by atoms with Crippen LogP contribution in [0.4, 0.5) is 16.2 Å². The van der Waals surface area contributed by atoms with E-state index >= 15 is 0 Å². The fourth-order valence-electron chi connectivity index (χ4n) is 4.42. The first kappa shape index (κ1) is 29.5. The van der Waals surface area contributed by atoms with Crippen LogP contribution in [-0.2, 0) is 29.0 Å². The van der Waals surface area contributed by atoms with E-state index in [0.29, 0.717) is 41.2 Å². The number of nitrogens with one attached hydrogen (secondary N) is 2. The van der Waals surface area contributed by atoms with Gasteiger partial charge in [0.15, 0.2) is 11.5 Å². The highest BCUT2D eigenvalue weighted by Gasteiger charge is 2.35. The summed E-state index contributed by atoms with van der Waals surface area (Å²) in [5, 5.41) is 16.2. The van der Waals surface area contributed by atoms with Crippen molar-refractivity contribution in [2.24, 2.45) is 0 Å². The van der Waals surface area contributed by atoms with Gasteiger partial charge in [-0.1, -0.05) is 31.2 Å². The second-order valence-corrected chi connectivity index (χ2v) is 9.35. The van der Waals surface area contributed by atoms with Gasteiger partial charge in [-0.15, -0.1) is 6.58 Å². The number of urea groups is 1. The summed E-state index contributed by atoms with van der Waals surface area (Å²) in [4.78, 5) is 49.6. The van der Waals surface area contributed by atoms with Crippen LogP contribution in [-0.4, -0.2) is 41.3 Å². The smallest absolute Gasteiger partial charge is 0.329 e. The Morgan fingerprint density at radius 1 is 1.12 bits per heavy atom. The van der Waals surface area contributed by atoms with Gasteiger partial charge in [0.2, 0.25) is 5.91 Å². The van der Waals surface area contributed by atoms with Gasteiger partial charge in [-0.3, -0.25) is 19.7 Å². The first-order valence-corrected chi connectivity index (χ1v) is 13.1. The van der Waals surface area contributed by atoms with Gasteiger partial charge in [-0.2, -0.15) is 0 Å². The van der Waals surface area contributed by atoms with Gasteiger partial charge < -0.3 is 20.1 Å². The highest BCUT2D eigenvalue weighted by atomic mass is 16.6. The van der Waals surface area contributed by atoms with Crippen LogP contribution in [0.1, 0.15) is 29.2 Å². The molecule has 2 N–H and O–H groups in total. The van der Waals surface area contributed by atoms with E-state index in [1.54, 1.807) is 42.5 Å². The minimum absolute atomic E-state index is 0.00733. The summed E-state index contributed by atoms with van der Waals surface area (Å²) in [5.41, 5.74) is 3.54. The Balaban J connectivity index is 1.51. The average Bonchev–Trinajstić information content (AvgIpc) is 3.24. The lowest BCUT2D eigenvalue weighted by molar-refractivity contribution is -0.384. The first-order chi connectivity index (χ1) is 20.2. The van der Waals surface area contributed by atoms with E-state index in [0.717, 1.165) is 16.0 Å². The van der Waals surface area contributed by atoms with Gasteiger partial charge in [0, 0.05) is 23.4 Å². The van der Waals surface area contributed by atoms with Crippen LogP contribution in [0.3, 0.4) is 0 Å². The van der Waals surface area contributed by atoms with Crippen molar-refractivity contribution in [1.29, 1.82) is 0 Å². The number of carbonyl (C=O) groups is 3. The molecule has 4 rings (SSSR count). The Morgan fingerprint density at radius 2 is 1.86 bits per heavy atom. The Kier molecular flexibility index (Phi) is 9.33. The standard InChI is InChI=1S/C31H30N4O7/c1-4-8-23-15-21(17-27(41-3)29(23)42-19-20-11-13-24(14-12-20)35(39)40)16-26-30(37)34(31(38)33-26)18-28(36)32-25-10-7-6-9-22(25)5-2/h4,6-7,9-17H,1,5,8,18-19H2,2-3H3,(H,32,36)(H,33,38)/b26-16+. The Morgan fingerprint density at radius 3 is 2.52 bits per heavy atom. The maximum Gasteiger partial charge on any atom is 0.329 e. The van der Waals surface area contributed by atoms with Crippen molar-refractivity contribution >= 4 is 35.3 Å². The monoisotopic (exact) mass is 570 g/mol. The molecule has 0 unspecified atom stereocenters. The largest absolute Gasteiger partial charge is 0.493 e. The molecule has 0 bridgehead atoms. The number of para-hydroxylation sites is 1. The van der Waals surface area contributed by atoms with Crippen LogP contribution in [0.5, 0.6) is 11.5 Å². The summed E-state index contributed by atoms with van der Waals surface area (Å²) >= 11 is 0. The van der Waals surface area contributed by atoms with Crippen molar-refractivity contribution in [1.82, 2.24) is 10.2 Å². The molecular formula is C31H30N4O7. The molecular weight excluding hydrogens is 540 g/mol. The van der Waals surface area contributed by atoms with Crippen molar-refractivity contribution in [3.63, 3.8) is 0 Å². The number of methoxy groups -OCH3 is 1. The lowest BCUT2D eigenvalue weighted by Gasteiger charge is -2.16. The molecule has 1 aliphatic heterocycles. The number of amides is 4. The Hall–Kier alpha value is -5.45. The fraction of sp³-hybridized carbons (Fsp3) is 0.194. The number of nitrogens with zero attached hydrogens (tertiary/aromatic N) is 2. The van der Waals surface area contributed by atoms with E-state index in [4.69, 9.17) is 9.47 Å². The first-order valence-electron chi connectivity index (χ1n) is 13.1. The van der Waals surface area contributed by atoms with Crippen LogP contribution in [0, 0.1) is 10.1 Å². The topological polar surface area (TPSA) is 140 Å². The molecule has 0 atom stereocenters. The number of non-ortho nitro benzene ring substituents is 1. The molecule has 0 radical (unpaired) electrons. The van der Waals surface area contributed by atoms with Gasteiger partial charge in [-0.05, 0) is 65.9 Å². The molecule has 0 spiro atoms. The number of benzene rings is 3. The number of nitro benzene ring substituents is 1. The maximum atomic E-state index is 13.1. The molecule has 1 saturated heterocycles. The molecule has 0 aliphatic carbocycles. The van der Waals surface area contributed by atoms with E-state index in [9.17, 15) is 24.5 Å². The van der Waals surface area contributed by atoms with Gasteiger partial charge in [0.25, 0.3) is 11.6 Å². The summed E-state index contributed by atoms with van der Waals surface area (Å²) in [6, 6.07) is 16.1. The quantitative estimate of drug-likeness (QED) is 0.103. The number of anilines is 1. The summed E-state index contributed by atoms with van der Waals surface area (Å²) in [6.45, 7) is 5.45. The minimum atomic E-state index is -0.702. The zero-order valence-electron chi connectivity index (χ0n) is 23.2. The van der Waals surface area contributed by atoms with Crippen molar-refractivity contribution in [2.75, 3.05) is 19.0 Å². The van der Waals surface area contributed by atoms with Gasteiger partial charge in [-0.25, -0.2) is 9.69 Å². The molecule has 0 aromatic heterocycles. The third-order valence-corrected chi connectivity index (χ3v) is 6.52. The number of imide groups is 1. The molecule has 1 heterocycles. The maximum absolute atomic E-state index is 13.1. The summed E-state index contributed by atoms with van der Waals surface area (Å²) in [7, 11) is 1.47. The van der Waals surface area contributed by atoms with Crippen LogP contribution in [0.25, 0.3) is 6.08 Å². The normalized spacial score (nSPS) is 13.6. The van der Waals surface area contributed by atoms with E-state index in [1.165, 1.54) is 25.3 Å². The zero-order chi connectivity index (χ0) is 30.2. The number of allylic oxidation sites excluding steroid dienone is 1. The van der Waals surface area contributed by atoms with Crippen molar-refractivity contribution in [3.8, 4) is 11.5 Å². The lowest BCUT2D eigenvalue weighted by Crippen LogP contribution is -2.38. The number of hydrogen-bond acceptors (Lipinski definition) is 7. The highest BCUT2D eigenvalue weighted by Crippen LogP contribution is 2.35. The van der Waals surface area contributed by atoms with Crippen molar-refractivity contribution in [2.45, 2.75) is 26.4 Å². The SMILES string of the molecule is C=CCc1cc(/C=C2/NC(=O)N(CC(=O)Nc3ccccc3CC)C2=O)cc(OC)c1OCc1ccc([N+](=O)[O-])cc1. The van der Waals surface area contributed by atoms with E-state index in [1.807, 2.05) is 19.1 Å². The highest BCUT2D eigenvalue weighted by molar-refractivity contribution is 6.16. The van der Waals surface area contributed by atoms with Crippen molar-refractivity contribution < 1.29 is 28.8 Å². The molecule has 1 aliphatic rings. The fourth-order valence-corrected chi connectivity index (χ4v) is 4.42. The third kappa shape index (κ3) is 6.81. The van der Waals surface area contributed by atoms with Gasteiger partial charge in [0.1, 0.15) is 18.8 Å². The predicted molar refractivity (Wildman–Crippen MR) is 157 cm³/mol. The number of hydrogen-bond donors (Lipinski definition) is 2. The minimum Gasteiger partial charge on any atom is -0.493 e. The molecule has 3 aromatic carbocycles. The molecule has 11 nitrogen and oxygen atoms in total.